The average molecular weight is 254 g/mol. The van der Waals surface area contributed by atoms with Crippen molar-refractivity contribution in [2.24, 2.45) is 5.92 Å². The van der Waals surface area contributed by atoms with Crippen LogP contribution in [0.3, 0.4) is 0 Å². The summed E-state index contributed by atoms with van der Waals surface area (Å²) in [5, 5.41) is 3.00. The second kappa shape index (κ2) is 3.70. The Morgan fingerprint density at radius 2 is 1.89 bits per heavy atom. The second-order valence-electron chi connectivity index (χ2n) is 5.33. The Bertz CT molecular complexity index is 608. The molecule has 4 nitrogen and oxygen atoms in total. The zero-order chi connectivity index (χ0) is 13.0. The molecule has 3 atom stereocenters. The van der Waals surface area contributed by atoms with Gasteiger partial charge < -0.3 is 10.2 Å². The van der Waals surface area contributed by atoms with Crippen LogP contribution in [0.5, 0.6) is 0 Å². The van der Waals surface area contributed by atoms with E-state index in [4.69, 9.17) is 0 Å². The van der Waals surface area contributed by atoms with Gasteiger partial charge in [0.15, 0.2) is 0 Å². The third-order valence-electron chi connectivity index (χ3n) is 4.37. The van der Waals surface area contributed by atoms with Gasteiger partial charge in [0.25, 0.3) is 5.91 Å². The third kappa shape index (κ3) is 1.34. The minimum Gasteiger partial charge on any atom is -0.332 e. The van der Waals surface area contributed by atoms with Crippen LogP contribution in [-0.4, -0.2) is 22.8 Å². The van der Waals surface area contributed by atoms with Gasteiger partial charge >= 0.3 is 0 Å². The number of hydrogen-bond donors (Lipinski definition) is 1. The van der Waals surface area contributed by atoms with Crippen LogP contribution in [0.2, 0.25) is 0 Å². The number of carbonyl (C=O) groups is 2. The minimum atomic E-state index is -0.274. The quantitative estimate of drug-likeness (QED) is 0.715. The molecule has 1 aromatic carbocycles. The van der Waals surface area contributed by atoms with Crippen molar-refractivity contribution in [2.75, 3.05) is 0 Å². The summed E-state index contributed by atoms with van der Waals surface area (Å²) in [5.74, 6) is 0.0190. The molecule has 3 aliphatic rings. The molecule has 1 N–H and O–H groups in total. The Hall–Kier alpha value is -2.10. The maximum atomic E-state index is 12.5. The Morgan fingerprint density at radius 3 is 2.79 bits per heavy atom. The normalized spacial score (nSPS) is 31.6. The van der Waals surface area contributed by atoms with Gasteiger partial charge in [0.1, 0.15) is 6.17 Å². The molecule has 2 heterocycles. The Morgan fingerprint density at radius 1 is 1.11 bits per heavy atom. The first-order chi connectivity index (χ1) is 9.27. The Kier molecular flexibility index (Phi) is 2.10. The maximum absolute atomic E-state index is 12.5. The average Bonchev–Trinajstić information content (AvgIpc) is 2.73. The lowest BCUT2D eigenvalue weighted by atomic mass is 9.85. The highest BCUT2D eigenvalue weighted by Crippen LogP contribution is 2.41. The lowest BCUT2D eigenvalue weighted by Crippen LogP contribution is -2.58. The molecule has 1 aromatic rings. The molecule has 4 heteroatoms. The summed E-state index contributed by atoms with van der Waals surface area (Å²) in [7, 11) is 0. The molecule has 96 valence electrons. The van der Waals surface area contributed by atoms with Gasteiger partial charge in [-0.3, -0.25) is 9.59 Å². The molecule has 1 fully saturated rings. The number of amides is 2. The van der Waals surface area contributed by atoms with E-state index in [1.165, 1.54) is 0 Å². The number of nitrogens with one attached hydrogen (secondary N) is 1. The monoisotopic (exact) mass is 254 g/mol. The number of hydrogen-bond acceptors (Lipinski definition) is 2. The fourth-order valence-electron chi connectivity index (χ4n) is 3.46. The first kappa shape index (κ1) is 10.8. The van der Waals surface area contributed by atoms with Crippen molar-refractivity contribution in [3.8, 4) is 0 Å². The Labute approximate surface area is 111 Å². The van der Waals surface area contributed by atoms with Crippen LogP contribution in [0.4, 0.5) is 0 Å². The van der Waals surface area contributed by atoms with Crippen LogP contribution < -0.4 is 5.32 Å². The topological polar surface area (TPSA) is 49.4 Å². The standard InChI is InChI=1S/C15H14N2O2/c18-14-11-7-3-4-8-12(11)17-13(16-14)9-5-1-2-6-10(9)15(17)19/h1-6,11-13H,7-8H2,(H,16,18)/t11-,12-,13-/m0/s1. The first-order valence-corrected chi connectivity index (χ1v) is 6.64. The van der Waals surface area contributed by atoms with Gasteiger partial charge in [-0.15, -0.1) is 0 Å². The molecule has 0 spiro atoms. The third-order valence-corrected chi connectivity index (χ3v) is 4.37. The zero-order valence-electron chi connectivity index (χ0n) is 10.4. The fourth-order valence-corrected chi connectivity index (χ4v) is 3.46. The summed E-state index contributed by atoms with van der Waals surface area (Å²) in [4.78, 5) is 26.6. The van der Waals surface area contributed by atoms with Gasteiger partial charge in [-0.2, -0.15) is 0 Å². The van der Waals surface area contributed by atoms with Crippen molar-refractivity contribution in [2.45, 2.75) is 25.0 Å². The highest BCUT2D eigenvalue weighted by molar-refractivity contribution is 6.01. The van der Waals surface area contributed by atoms with E-state index in [9.17, 15) is 9.59 Å². The summed E-state index contributed by atoms with van der Waals surface area (Å²) >= 11 is 0. The summed E-state index contributed by atoms with van der Waals surface area (Å²) in [6.07, 6.45) is 5.34. The van der Waals surface area contributed by atoms with E-state index in [-0.39, 0.29) is 29.9 Å². The van der Waals surface area contributed by atoms with Crippen molar-refractivity contribution in [1.29, 1.82) is 0 Å². The second-order valence-corrected chi connectivity index (χ2v) is 5.33. The van der Waals surface area contributed by atoms with Gasteiger partial charge in [0.05, 0.1) is 5.92 Å². The van der Waals surface area contributed by atoms with Crippen molar-refractivity contribution in [3.63, 3.8) is 0 Å². The highest BCUT2D eigenvalue weighted by atomic mass is 16.2. The predicted octanol–water partition coefficient (Wildman–Crippen LogP) is 1.61. The summed E-state index contributed by atoms with van der Waals surface area (Å²) < 4.78 is 0. The lowest BCUT2D eigenvalue weighted by Gasteiger charge is -2.43. The van der Waals surface area contributed by atoms with E-state index in [1.54, 1.807) is 0 Å². The van der Waals surface area contributed by atoms with Gasteiger partial charge in [-0.25, -0.2) is 0 Å². The number of benzene rings is 1. The van der Waals surface area contributed by atoms with E-state index in [1.807, 2.05) is 35.2 Å². The van der Waals surface area contributed by atoms with Crippen LogP contribution in [0.25, 0.3) is 0 Å². The molecular formula is C15H14N2O2. The molecule has 1 saturated heterocycles. The van der Waals surface area contributed by atoms with Crippen LogP contribution >= 0.6 is 0 Å². The molecule has 1 aliphatic carbocycles. The smallest absolute Gasteiger partial charge is 0.256 e. The van der Waals surface area contributed by atoms with E-state index in [2.05, 4.69) is 11.4 Å². The van der Waals surface area contributed by atoms with Gasteiger partial charge in [-0.1, -0.05) is 30.4 Å². The van der Waals surface area contributed by atoms with Crippen molar-refractivity contribution in [1.82, 2.24) is 10.2 Å². The van der Waals surface area contributed by atoms with Crippen LogP contribution in [0, 0.1) is 5.92 Å². The minimum absolute atomic E-state index is 0.00338. The molecule has 2 amide bonds. The van der Waals surface area contributed by atoms with Crippen molar-refractivity contribution in [3.05, 3.63) is 47.5 Å². The molecule has 0 saturated carbocycles. The fraction of sp³-hybridized carbons (Fsp3) is 0.333. The molecular weight excluding hydrogens is 240 g/mol. The van der Waals surface area contributed by atoms with Crippen LogP contribution in [0.1, 0.15) is 34.9 Å². The maximum Gasteiger partial charge on any atom is 0.256 e. The summed E-state index contributed by atoms with van der Waals surface area (Å²) in [5.41, 5.74) is 1.65. The van der Waals surface area contributed by atoms with Crippen molar-refractivity contribution < 1.29 is 9.59 Å². The van der Waals surface area contributed by atoms with Crippen LogP contribution in [0.15, 0.2) is 36.4 Å². The van der Waals surface area contributed by atoms with Crippen LogP contribution in [-0.2, 0) is 4.79 Å². The molecule has 0 aromatic heterocycles. The molecule has 19 heavy (non-hydrogen) atoms. The molecule has 0 unspecified atom stereocenters. The van der Waals surface area contributed by atoms with Crippen molar-refractivity contribution >= 4 is 11.8 Å². The van der Waals surface area contributed by atoms with Gasteiger partial charge in [0, 0.05) is 17.2 Å². The number of rotatable bonds is 0. The molecule has 0 bridgehead atoms. The SMILES string of the molecule is O=C1N[C@@H]2c3ccccc3C(=O)N2[C@H]2CC=CC[C@H]12. The largest absolute Gasteiger partial charge is 0.332 e. The van der Waals surface area contributed by atoms with E-state index < -0.39 is 0 Å². The van der Waals surface area contributed by atoms with E-state index in [0.717, 1.165) is 24.0 Å². The lowest BCUT2D eigenvalue weighted by molar-refractivity contribution is -0.134. The number of allylic oxidation sites excluding steroid dienone is 1. The summed E-state index contributed by atoms with van der Waals surface area (Å²) in [6, 6.07) is 7.56. The van der Waals surface area contributed by atoms with Gasteiger partial charge in [-0.05, 0) is 18.9 Å². The van der Waals surface area contributed by atoms with E-state index in [0.29, 0.717) is 0 Å². The first-order valence-electron chi connectivity index (χ1n) is 6.64. The molecule has 0 radical (unpaired) electrons. The zero-order valence-corrected chi connectivity index (χ0v) is 10.4. The predicted molar refractivity (Wildman–Crippen MR) is 69.1 cm³/mol. The molecule has 2 aliphatic heterocycles. The number of fused-ring (bicyclic) bond motifs is 5. The summed E-state index contributed by atoms with van der Waals surface area (Å²) in [6.45, 7) is 0. The molecule has 4 rings (SSSR count). The number of nitrogens with zero attached hydrogens (tertiary/aromatic N) is 1. The number of carbonyl (C=O) groups excluding carboxylic acids is 2. The highest BCUT2D eigenvalue weighted by Gasteiger charge is 2.49. The van der Waals surface area contributed by atoms with E-state index >= 15 is 0 Å². The van der Waals surface area contributed by atoms with Gasteiger partial charge in [0.2, 0.25) is 5.91 Å². The Balaban J connectivity index is 1.83.